The second-order valence-electron chi connectivity index (χ2n) is 4.03. The van der Waals surface area contributed by atoms with Crippen LogP contribution >= 0.6 is 15.9 Å². The molecular formula is C14H12BrNO2. The van der Waals surface area contributed by atoms with E-state index in [0.29, 0.717) is 5.56 Å². The van der Waals surface area contributed by atoms with E-state index in [1.807, 2.05) is 19.1 Å². The molecule has 1 unspecified atom stereocenters. The first-order valence-electron chi connectivity index (χ1n) is 5.55. The van der Waals surface area contributed by atoms with Gasteiger partial charge in [-0.3, -0.25) is 9.59 Å². The Balaban J connectivity index is 2.25. The van der Waals surface area contributed by atoms with Crippen LogP contribution in [-0.4, -0.2) is 10.4 Å². The van der Waals surface area contributed by atoms with Gasteiger partial charge in [0.1, 0.15) is 0 Å². The van der Waals surface area contributed by atoms with Crippen LogP contribution in [0.25, 0.3) is 0 Å². The highest BCUT2D eigenvalue weighted by molar-refractivity contribution is 9.10. The molecule has 2 aromatic rings. The van der Waals surface area contributed by atoms with Gasteiger partial charge in [-0.2, -0.15) is 0 Å². The molecule has 1 aromatic carbocycles. The summed E-state index contributed by atoms with van der Waals surface area (Å²) in [5.41, 5.74) is 0.596. The third-order valence-electron chi connectivity index (χ3n) is 2.78. The lowest BCUT2D eigenvalue weighted by molar-refractivity contribution is 0.0934. The highest BCUT2D eigenvalue weighted by Crippen LogP contribution is 2.16. The van der Waals surface area contributed by atoms with Crippen molar-refractivity contribution in [1.29, 1.82) is 0 Å². The number of hydrogen-bond donors (Lipinski definition) is 0. The SMILES string of the molecule is CC(C(=O)c1ccc(Br)cc1)n1ccc(=O)cc1. The zero-order valence-electron chi connectivity index (χ0n) is 9.84. The summed E-state index contributed by atoms with van der Waals surface area (Å²) < 4.78 is 2.67. The van der Waals surface area contributed by atoms with Crippen LogP contribution in [0, 0.1) is 0 Å². The van der Waals surface area contributed by atoms with E-state index < -0.39 is 0 Å². The molecule has 1 aromatic heterocycles. The van der Waals surface area contributed by atoms with Crippen molar-refractivity contribution in [3.8, 4) is 0 Å². The van der Waals surface area contributed by atoms with Crippen molar-refractivity contribution in [2.24, 2.45) is 0 Å². The molecule has 4 heteroatoms. The lowest BCUT2D eigenvalue weighted by Gasteiger charge is -2.14. The Morgan fingerprint density at radius 1 is 1.11 bits per heavy atom. The maximum absolute atomic E-state index is 12.2. The monoisotopic (exact) mass is 305 g/mol. The van der Waals surface area contributed by atoms with Crippen LogP contribution in [0.2, 0.25) is 0 Å². The van der Waals surface area contributed by atoms with Crippen LogP contribution in [0.1, 0.15) is 23.3 Å². The summed E-state index contributed by atoms with van der Waals surface area (Å²) in [5, 5.41) is 0. The Bertz CT molecular complexity index is 596. The number of benzene rings is 1. The molecule has 3 nitrogen and oxygen atoms in total. The number of rotatable bonds is 3. The molecule has 0 fully saturated rings. The predicted molar refractivity (Wildman–Crippen MR) is 73.9 cm³/mol. The fraction of sp³-hybridized carbons (Fsp3) is 0.143. The van der Waals surface area contributed by atoms with Crippen molar-refractivity contribution in [2.45, 2.75) is 13.0 Å². The molecule has 0 spiro atoms. The number of Topliss-reactive ketones (excluding diaryl/α,β-unsaturated/α-hetero) is 1. The number of hydrogen-bond acceptors (Lipinski definition) is 2. The number of carbonyl (C=O) groups is 1. The van der Waals surface area contributed by atoms with Gasteiger partial charge in [-0.15, -0.1) is 0 Å². The Kier molecular flexibility index (Phi) is 3.77. The van der Waals surface area contributed by atoms with Gasteiger partial charge in [-0.1, -0.05) is 28.1 Å². The van der Waals surface area contributed by atoms with E-state index in [-0.39, 0.29) is 17.3 Å². The lowest BCUT2D eigenvalue weighted by atomic mass is 10.1. The minimum Gasteiger partial charge on any atom is -0.344 e. The standard InChI is InChI=1S/C14H12BrNO2/c1-10(16-8-6-13(17)7-9-16)14(18)11-2-4-12(15)5-3-11/h2-10H,1H3. The normalized spacial score (nSPS) is 12.1. The van der Waals surface area contributed by atoms with E-state index in [2.05, 4.69) is 15.9 Å². The highest BCUT2D eigenvalue weighted by Gasteiger charge is 2.15. The van der Waals surface area contributed by atoms with E-state index >= 15 is 0 Å². The van der Waals surface area contributed by atoms with Crippen LogP contribution in [-0.2, 0) is 0 Å². The Labute approximate surface area is 113 Å². The van der Waals surface area contributed by atoms with E-state index in [9.17, 15) is 9.59 Å². The van der Waals surface area contributed by atoms with Crippen LogP contribution < -0.4 is 5.43 Å². The average Bonchev–Trinajstić information content (AvgIpc) is 2.39. The van der Waals surface area contributed by atoms with Crippen molar-refractivity contribution >= 4 is 21.7 Å². The van der Waals surface area contributed by atoms with Gasteiger partial charge in [-0.05, 0) is 19.1 Å². The molecule has 2 rings (SSSR count). The summed E-state index contributed by atoms with van der Waals surface area (Å²) in [6, 6.07) is 9.82. The average molecular weight is 306 g/mol. The molecule has 0 aliphatic heterocycles. The summed E-state index contributed by atoms with van der Waals surface area (Å²) in [4.78, 5) is 23.2. The molecule has 0 aliphatic carbocycles. The van der Waals surface area contributed by atoms with E-state index in [4.69, 9.17) is 0 Å². The summed E-state index contributed by atoms with van der Waals surface area (Å²) in [6.07, 6.45) is 3.26. The number of nitrogens with zero attached hydrogens (tertiary/aromatic N) is 1. The number of carbonyl (C=O) groups excluding carboxylic acids is 1. The van der Waals surface area contributed by atoms with Crippen LogP contribution in [0.5, 0.6) is 0 Å². The zero-order valence-corrected chi connectivity index (χ0v) is 11.4. The number of aromatic nitrogens is 1. The smallest absolute Gasteiger partial charge is 0.185 e. The minimum atomic E-state index is -0.327. The van der Waals surface area contributed by atoms with E-state index in [1.54, 1.807) is 29.1 Å². The van der Waals surface area contributed by atoms with Gasteiger partial charge in [0, 0.05) is 34.6 Å². The molecule has 0 saturated heterocycles. The molecular weight excluding hydrogens is 294 g/mol. The van der Waals surface area contributed by atoms with Crippen molar-refractivity contribution < 1.29 is 4.79 Å². The van der Waals surface area contributed by atoms with Gasteiger partial charge in [0.05, 0.1) is 6.04 Å². The summed E-state index contributed by atoms with van der Waals surface area (Å²) >= 11 is 3.33. The summed E-state index contributed by atoms with van der Waals surface area (Å²) in [6.45, 7) is 1.81. The van der Waals surface area contributed by atoms with E-state index in [1.165, 1.54) is 12.1 Å². The van der Waals surface area contributed by atoms with Crippen molar-refractivity contribution in [3.05, 3.63) is 69.1 Å². The van der Waals surface area contributed by atoms with Gasteiger partial charge in [-0.25, -0.2) is 0 Å². The maximum Gasteiger partial charge on any atom is 0.185 e. The molecule has 0 amide bonds. The zero-order chi connectivity index (χ0) is 13.1. The van der Waals surface area contributed by atoms with Crippen LogP contribution in [0.4, 0.5) is 0 Å². The molecule has 18 heavy (non-hydrogen) atoms. The van der Waals surface area contributed by atoms with Crippen LogP contribution in [0.15, 0.2) is 58.1 Å². The molecule has 0 N–H and O–H groups in total. The largest absolute Gasteiger partial charge is 0.344 e. The maximum atomic E-state index is 12.2. The van der Waals surface area contributed by atoms with Crippen molar-refractivity contribution in [3.63, 3.8) is 0 Å². The molecule has 1 atom stereocenters. The number of pyridine rings is 1. The second kappa shape index (κ2) is 5.31. The summed E-state index contributed by atoms with van der Waals surface area (Å²) in [5.74, 6) is 0.0196. The van der Waals surface area contributed by atoms with Gasteiger partial charge in [0.2, 0.25) is 0 Å². The first-order chi connectivity index (χ1) is 8.58. The molecule has 0 radical (unpaired) electrons. The number of halogens is 1. The summed E-state index contributed by atoms with van der Waals surface area (Å²) in [7, 11) is 0. The lowest BCUT2D eigenvalue weighted by Crippen LogP contribution is -2.17. The van der Waals surface area contributed by atoms with E-state index in [0.717, 1.165) is 4.47 Å². The Hall–Kier alpha value is -1.68. The van der Waals surface area contributed by atoms with Gasteiger partial charge in [0.25, 0.3) is 0 Å². The molecule has 1 heterocycles. The highest BCUT2D eigenvalue weighted by atomic mass is 79.9. The van der Waals surface area contributed by atoms with Gasteiger partial charge >= 0.3 is 0 Å². The first-order valence-corrected chi connectivity index (χ1v) is 6.35. The van der Waals surface area contributed by atoms with Crippen molar-refractivity contribution in [1.82, 2.24) is 4.57 Å². The van der Waals surface area contributed by atoms with Gasteiger partial charge < -0.3 is 4.57 Å². The quantitative estimate of drug-likeness (QED) is 0.818. The fourth-order valence-corrected chi connectivity index (χ4v) is 1.94. The molecule has 0 saturated carbocycles. The Morgan fingerprint density at radius 2 is 1.67 bits per heavy atom. The van der Waals surface area contributed by atoms with Crippen molar-refractivity contribution in [2.75, 3.05) is 0 Å². The minimum absolute atomic E-state index is 0.0196. The third kappa shape index (κ3) is 2.76. The predicted octanol–water partition coefficient (Wildman–Crippen LogP) is 3.05. The Morgan fingerprint density at radius 3 is 2.22 bits per heavy atom. The van der Waals surface area contributed by atoms with Gasteiger partial charge in [0.15, 0.2) is 11.2 Å². The third-order valence-corrected chi connectivity index (χ3v) is 3.31. The molecule has 0 bridgehead atoms. The second-order valence-corrected chi connectivity index (χ2v) is 4.94. The van der Waals surface area contributed by atoms with Crippen LogP contribution in [0.3, 0.4) is 0 Å². The molecule has 92 valence electrons. The number of ketones is 1. The first kappa shape index (κ1) is 12.8. The molecule has 0 aliphatic rings. The topological polar surface area (TPSA) is 39.1 Å². The fourth-order valence-electron chi connectivity index (χ4n) is 1.67.